The molecule has 0 heterocycles. The van der Waals surface area contributed by atoms with Gasteiger partial charge in [-0.2, -0.15) is 0 Å². The zero-order chi connectivity index (χ0) is 14.6. The Balaban J connectivity index is 2.11. The van der Waals surface area contributed by atoms with E-state index >= 15 is 0 Å². The van der Waals surface area contributed by atoms with Crippen molar-refractivity contribution in [2.45, 2.75) is 51.4 Å². The maximum atomic E-state index is 2.31. The van der Waals surface area contributed by atoms with Crippen LogP contribution >= 0.6 is 0 Å². The van der Waals surface area contributed by atoms with E-state index in [0.717, 1.165) is 5.92 Å². The van der Waals surface area contributed by atoms with Gasteiger partial charge in [-0.1, -0.05) is 105 Å². The molecule has 0 heteroatoms. The summed E-state index contributed by atoms with van der Waals surface area (Å²) in [4.78, 5) is 0. The van der Waals surface area contributed by atoms with Crippen molar-refractivity contribution < 1.29 is 0 Å². The Labute approximate surface area is 130 Å². The van der Waals surface area contributed by atoms with Gasteiger partial charge in [0, 0.05) is 0 Å². The van der Waals surface area contributed by atoms with Crippen LogP contribution in [0.25, 0.3) is 0 Å². The highest BCUT2D eigenvalue weighted by atomic mass is 14.2. The third-order valence-corrected chi connectivity index (χ3v) is 4.29. The molecule has 2 aliphatic rings. The van der Waals surface area contributed by atoms with Gasteiger partial charge in [0.1, 0.15) is 0 Å². The number of hydrogen-bond acceptors (Lipinski definition) is 0. The summed E-state index contributed by atoms with van der Waals surface area (Å²) in [6.07, 6.45) is 34.8. The van der Waals surface area contributed by atoms with E-state index < -0.39 is 0 Å². The fraction of sp³-hybridized carbons (Fsp3) is 0.429. The lowest BCUT2D eigenvalue weighted by atomic mass is 9.88. The second kappa shape index (κ2) is 10.2. The smallest absolute Gasteiger partial charge is 0.0162 e. The van der Waals surface area contributed by atoms with Crippen LogP contribution in [0.3, 0.4) is 0 Å². The summed E-state index contributed by atoms with van der Waals surface area (Å²) in [7, 11) is 0. The third-order valence-electron chi connectivity index (χ3n) is 4.29. The minimum atomic E-state index is 0.736. The minimum absolute atomic E-state index is 0.736. The van der Waals surface area contributed by atoms with Crippen molar-refractivity contribution in [1.29, 1.82) is 0 Å². The van der Waals surface area contributed by atoms with Gasteiger partial charge < -0.3 is 0 Å². The number of rotatable bonds is 1. The van der Waals surface area contributed by atoms with Gasteiger partial charge in [0.2, 0.25) is 0 Å². The molecule has 1 fully saturated rings. The molecule has 0 saturated heterocycles. The fourth-order valence-electron chi connectivity index (χ4n) is 3.08. The van der Waals surface area contributed by atoms with Crippen molar-refractivity contribution in [3.63, 3.8) is 0 Å². The first-order chi connectivity index (χ1) is 10.5. The van der Waals surface area contributed by atoms with Crippen LogP contribution < -0.4 is 0 Å². The van der Waals surface area contributed by atoms with Crippen molar-refractivity contribution in [3.8, 4) is 0 Å². The Bertz CT molecular complexity index is 444. The standard InChI is InChI=1S/C21H28/c1-2-4-8-12-16-20(17-13-9-5-3-1)21-18-14-10-6-7-11-15-19-21/h1-5,8-9,12-13,16-17,21H,6-7,10-11,14-15,18-19H2. The Hall–Kier alpha value is -1.56. The van der Waals surface area contributed by atoms with E-state index in [2.05, 4.69) is 66.8 Å². The van der Waals surface area contributed by atoms with Gasteiger partial charge in [0.25, 0.3) is 0 Å². The molecule has 0 atom stereocenters. The van der Waals surface area contributed by atoms with Gasteiger partial charge in [-0.05, 0) is 24.3 Å². The summed E-state index contributed by atoms with van der Waals surface area (Å²) >= 11 is 0. The zero-order valence-electron chi connectivity index (χ0n) is 13.1. The van der Waals surface area contributed by atoms with E-state index in [1.807, 2.05) is 0 Å². The monoisotopic (exact) mass is 280 g/mol. The molecule has 0 nitrogen and oxygen atoms in total. The maximum absolute atomic E-state index is 2.31. The van der Waals surface area contributed by atoms with Crippen LogP contribution in [0, 0.1) is 5.92 Å². The van der Waals surface area contributed by atoms with Crippen molar-refractivity contribution in [1.82, 2.24) is 0 Å². The minimum Gasteiger partial charge on any atom is -0.0623 e. The Morgan fingerprint density at radius 1 is 0.524 bits per heavy atom. The first-order valence-corrected chi connectivity index (χ1v) is 8.52. The lowest BCUT2D eigenvalue weighted by molar-refractivity contribution is 0.495. The van der Waals surface area contributed by atoms with Crippen LogP contribution in [-0.4, -0.2) is 0 Å². The molecule has 21 heavy (non-hydrogen) atoms. The summed E-state index contributed by atoms with van der Waals surface area (Å²) in [5.74, 6) is 0.736. The van der Waals surface area contributed by atoms with Crippen LogP contribution in [0.15, 0.2) is 72.4 Å². The van der Waals surface area contributed by atoms with Crippen LogP contribution in [0.1, 0.15) is 51.4 Å². The van der Waals surface area contributed by atoms with E-state index in [4.69, 9.17) is 0 Å². The average Bonchev–Trinajstić information content (AvgIpc) is 2.62. The molecule has 2 rings (SSSR count). The normalized spacial score (nSPS) is 21.8. The first-order valence-electron chi connectivity index (χ1n) is 8.52. The van der Waals surface area contributed by atoms with Crippen LogP contribution in [0.4, 0.5) is 0 Å². The Kier molecular flexibility index (Phi) is 7.69. The summed E-state index contributed by atoms with van der Waals surface area (Å²) in [6.45, 7) is 0. The third kappa shape index (κ3) is 6.62. The highest BCUT2D eigenvalue weighted by molar-refractivity contribution is 5.31. The van der Waals surface area contributed by atoms with Crippen molar-refractivity contribution in [3.05, 3.63) is 72.4 Å². The molecule has 0 aromatic carbocycles. The molecule has 0 amide bonds. The van der Waals surface area contributed by atoms with Gasteiger partial charge in [-0.25, -0.2) is 0 Å². The van der Waals surface area contributed by atoms with Crippen LogP contribution in [-0.2, 0) is 0 Å². The summed E-state index contributed by atoms with van der Waals surface area (Å²) < 4.78 is 0. The second-order valence-electron chi connectivity index (χ2n) is 5.96. The first kappa shape index (κ1) is 15.8. The molecule has 0 N–H and O–H groups in total. The molecular weight excluding hydrogens is 252 g/mol. The molecule has 0 spiro atoms. The predicted octanol–water partition coefficient (Wildman–Crippen LogP) is 6.46. The molecule has 0 unspecified atom stereocenters. The van der Waals surface area contributed by atoms with E-state index in [-0.39, 0.29) is 0 Å². The highest BCUT2D eigenvalue weighted by Gasteiger charge is 2.13. The van der Waals surface area contributed by atoms with Gasteiger partial charge in [-0.15, -0.1) is 0 Å². The molecule has 0 radical (unpaired) electrons. The molecule has 112 valence electrons. The number of hydrogen-bond donors (Lipinski definition) is 0. The van der Waals surface area contributed by atoms with Crippen LogP contribution in [0.5, 0.6) is 0 Å². The molecule has 0 bridgehead atoms. The lowest BCUT2D eigenvalue weighted by Crippen LogP contribution is -2.03. The largest absolute Gasteiger partial charge is 0.0623 e. The average molecular weight is 280 g/mol. The van der Waals surface area contributed by atoms with E-state index in [1.54, 1.807) is 0 Å². The van der Waals surface area contributed by atoms with Crippen molar-refractivity contribution in [2.24, 2.45) is 5.92 Å². The van der Waals surface area contributed by atoms with Crippen molar-refractivity contribution >= 4 is 0 Å². The zero-order valence-corrected chi connectivity index (χ0v) is 13.1. The molecular formula is C21H28. The van der Waals surface area contributed by atoms with Crippen molar-refractivity contribution in [2.75, 3.05) is 0 Å². The number of allylic oxidation sites excluding steroid dienone is 12. The van der Waals surface area contributed by atoms with Gasteiger partial charge in [0.05, 0.1) is 0 Å². The van der Waals surface area contributed by atoms with Gasteiger partial charge in [0.15, 0.2) is 0 Å². The van der Waals surface area contributed by atoms with Gasteiger partial charge in [-0.3, -0.25) is 0 Å². The van der Waals surface area contributed by atoms with E-state index in [0.29, 0.717) is 0 Å². The SMILES string of the molecule is C1=CC=CC=CC(C2CCCCCCCC2)=CC=CC=C1. The lowest BCUT2D eigenvalue weighted by Gasteiger charge is -2.17. The predicted molar refractivity (Wildman–Crippen MR) is 94.2 cm³/mol. The molecule has 0 aliphatic heterocycles. The van der Waals surface area contributed by atoms with Crippen LogP contribution in [0.2, 0.25) is 0 Å². The summed E-state index contributed by atoms with van der Waals surface area (Å²) in [5, 5.41) is 0. The molecule has 0 aromatic rings. The highest BCUT2D eigenvalue weighted by Crippen LogP contribution is 2.28. The summed E-state index contributed by atoms with van der Waals surface area (Å²) in [5.41, 5.74) is 1.50. The molecule has 2 aliphatic carbocycles. The molecule has 0 aromatic heterocycles. The molecule has 1 saturated carbocycles. The topological polar surface area (TPSA) is 0 Å². The van der Waals surface area contributed by atoms with Gasteiger partial charge >= 0.3 is 0 Å². The van der Waals surface area contributed by atoms with E-state index in [9.17, 15) is 0 Å². The Morgan fingerprint density at radius 2 is 1.00 bits per heavy atom. The Morgan fingerprint density at radius 3 is 1.62 bits per heavy atom. The maximum Gasteiger partial charge on any atom is -0.0162 e. The van der Waals surface area contributed by atoms with E-state index in [1.165, 1.54) is 56.9 Å². The quantitative estimate of drug-likeness (QED) is 0.517. The summed E-state index contributed by atoms with van der Waals surface area (Å²) in [6, 6.07) is 0. The fourth-order valence-corrected chi connectivity index (χ4v) is 3.08. The second-order valence-corrected chi connectivity index (χ2v) is 5.96.